The van der Waals surface area contributed by atoms with E-state index in [-0.39, 0.29) is 23.4 Å². The van der Waals surface area contributed by atoms with Gasteiger partial charge in [0.05, 0.1) is 6.04 Å². The summed E-state index contributed by atoms with van der Waals surface area (Å²) in [4.78, 5) is 15.6. The summed E-state index contributed by atoms with van der Waals surface area (Å²) in [6, 6.07) is 21.9. The fourth-order valence-electron chi connectivity index (χ4n) is 4.81. The van der Waals surface area contributed by atoms with E-state index in [9.17, 15) is 13.6 Å². The average Bonchev–Trinajstić information content (AvgIpc) is 3.22. The van der Waals surface area contributed by atoms with Gasteiger partial charge in [0.25, 0.3) is 0 Å². The molecule has 34 heavy (non-hydrogen) atoms. The Morgan fingerprint density at radius 3 is 2.06 bits per heavy atom. The lowest BCUT2D eigenvalue weighted by molar-refractivity contribution is -0.135. The third-order valence-corrected chi connectivity index (χ3v) is 6.25. The topological polar surface area (TPSA) is 46.3 Å². The van der Waals surface area contributed by atoms with Gasteiger partial charge in [-0.2, -0.15) is 0 Å². The van der Waals surface area contributed by atoms with E-state index >= 15 is 0 Å². The maximum absolute atomic E-state index is 14.9. The number of nitrogens with zero attached hydrogens (tertiary/aromatic N) is 1. The van der Waals surface area contributed by atoms with Crippen molar-refractivity contribution in [3.05, 3.63) is 113 Å². The van der Waals surface area contributed by atoms with Crippen LogP contribution in [-0.4, -0.2) is 23.4 Å². The number of hydrogen-bond donors (Lipinski definition) is 1. The van der Waals surface area contributed by atoms with Gasteiger partial charge in [-0.05, 0) is 52.8 Å². The molecule has 0 spiro atoms. The molecule has 2 N–H and O–H groups in total. The lowest BCUT2D eigenvalue weighted by Crippen LogP contribution is -2.53. The lowest BCUT2D eigenvalue weighted by Gasteiger charge is -2.41. The highest BCUT2D eigenvalue weighted by molar-refractivity contribution is 5.89. The Morgan fingerprint density at radius 2 is 1.53 bits per heavy atom. The van der Waals surface area contributed by atoms with E-state index in [0.29, 0.717) is 12.0 Å². The molecule has 3 aromatic carbocycles. The van der Waals surface area contributed by atoms with Gasteiger partial charge in [0.1, 0.15) is 17.2 Å². The summed E-state index contributed by atoms with van der Waals surface area (Å²) < 4.78 is 29.0. The third-order valence-electron chi connectivity index (χ3n) is 6.25. The Bertz CT molecular complexity index is 1160. The molecule has 176 valence electrons. The Morgan fingerprint density at radius 1 is 0.971 bits per heavy atom. The van der Waals surface area contributed by atoms with Crippen LogP contribution in [0.1, 0.15) is 43.9 Å². The monoisotopic (exact) mass is 460 g/mol. The van der Waals surface area contributed by atoms with Crippen LogP contribution in [0.2, 0.25) is 0 Å². The van der Waals surface area contributed by atoms with Gasteiger partial charge in [-0.15, -0.1) is 0 Å². The van der Waals surface area contributed by atoms with Crippen molar-refractivity contribution in [3.8, 4) is 0 Å². The van der Waals surface area contributed by atoms with Crippen molar-refractivity contribution in [3.63, 3.8) is 0 Å². The maximum Gasteiger partial charge on any atom is 0.241 e. The standard InChI is InChI=1S/C29H30F2N2O/c1-28(2,3)18-26(32)27(34)33-19-20(24-16-23(30)14-15-25(24)31)17-29(33,21-10-6-4-7-11-21)22-12-8-5-9-13-22/h4-17,26H,18-19,32H2,1-3H3/t26-/m0/s1. The molecule has 1 aliphatic heterocycles. The molecule has 0 bridgehead atoms. The van der Waals surface area contributed by atoms with Crippen LogP contribution in [-0.2, 0) is 10.3 Å². The summed E-state index contributed by atoms with van der Waals surface area (Å²) in [6.45, 7) is 6.23. The summed E-state index contributed by atoms with van der Waals surface area (Å²) in [5.41, 5.74) is 7.68. The molecule has 5 heteroatoms. The van der Waals surface area contributed by atoms with Crippen LogP contribution >= 0.6 is 0 Å². The van der Waals surface area contributed by atoms with E-state index in [1.165, 1.54) is 6.07 Å². The Kier molecular flexibility index (Phi) is 6.41. The Hall–Kier alpha value is -3.31. The highest BCUT2D eigenvalue weighted by atomic mass is 19.1. The molecule has 3 nitrogen and oxygen atoms in total. The summed E-state index contributed by atoms with van der Waals surface area (Å²) >= 11 is 0. The van der Waals surface area contributed by atoms with Crippen molar-refractivity contribution < 1.29 is 13.6 Å². The normalized spacial score (nSPS) is 16.3. The molecule has 1 amide bonds. The molecule has 0 fully saturated rings. The van der Waals surface area contributed by atoms with Crippen LogP contribution in [0.3, 0.4) is 0 Å². The van der Waals surface area contributed by atoms with E-state index in [4.69, 9.17) is 5.73 Å². The number of halogens is 2. The molecule has 1 aliphatic rings. The molecule has 0 unspecified atom stereocenters. The van der Waals surface area contributed by atoms with E-state index in [0.717, 1.165) is 23.3 Å². The predicted molar refractivity (Wildman–Crippen MR) is 132 cm³/mol. The first kappa shape index (κ1) is 23.8. The van der Waals surface area contributed by atoms with Gasteiger partial charge in [-0.1, -0.05) is 81.4 Å². The quantitative estimate of drug-likeness (QED) is 0.515. The summed E-state index contributed by atoms with van der Waals surface area (Å²) in [7, 11) is 0. The second kappa shape index (κ2) is 9.15. The largest absolute Gasteiger partial charge is 0.320 e. The minimum Gasteiger partial charge on any atom is -0.320 e. The second-order valence-electron chi connectivity index (χ2n) is 10.1. The zero-order valence-electron chi connectivity index (χ0n) is 19.8. The molecule has 1 heterocycles. The summed E-state index contributed by atoms with van der Waals surface area (Å²) in [6.07, 6.45) is 2.38. The van der Waals surface area contributed by atoms with Crippen molar-refractivity contribution in [1.29, 1.82) is 0 Å². The lowest BCUT2D eigenvalue weighted by atomic mass is 9.81. The SMILES string of the molecule is CC(C)(C)C[C@H](N)C(=O)N1CC(c2cc(F)ccc2F)=CC1(c1ccccc1)c1ccccc1. The van der Waals surface area contributed by atoms with Gasteiger partial charge in [0, 0.05) is 12.1 Å². The van der Waals surface area contributed by atoms with Gasteiger partial charge in [0.15, 0.2) is 0 Å². The third kappa shape index (κ3) is 4.53. The number of carbonyl (C=O) groups excluding carboxylic acids is 1. The van der Waals surface area contributed by atoms with E-state index in [1.54, 1.807) is 4.90 Å². The van der Waals surface area contributed by atoms with Crippen LogP contribution in [0.25, 0.3) is 5.57 Å². The molecule has 1 atom stereocenters. The van der Waals surface area contributed by atoms with Gasteiger partial charge in [-0.3, -0.25) is 4.79 Å². The Labute approximate surface area is 199 Å². The number of nitrogens with two attached hydrogens (primary N) is 1. The molecular formula is C29H30F2N2O. The number of hydrogen-bond acceptors (Lipinski definition) is 2. The van der Waals surface area contributed by atoms with E-state index in [1.807, 2.05) is 87.5 Å². The highest BCUT2D eigenvalue weighted by Gasteiger charge is 2.47. The van der Waals surface area contributed by atoms with Crippen LogP contribution in [0.4, 0.5) is 8.78 Å². The van der Waals surface area contributed by atoms with Gasteiger partial charge in [-0.25, -0.2) is 8.78 Å². The molecule has 0 aromatic heterocycles. The predicted octanol–water partition coefficient (Wildman–Crippen LogP) is 5.90. The smallest absolute Gasteiger partial charge is 0.241 e. The molecule has 0 saturated heterocycles. The summed E-state index contributed by atoms with van der Waals surface area (Å²) in [5, 5.41) is 0. The van der Waals surface area contributed by atoms with Crippen molar-refractivity contribution in [2.24, 2.45) is 11.1 Å². The zero-order chi connectivity index (χ0) is 24.5. The first-order chi connectivity index (χ1) is 16.1. The van der Waals surface area contributed by atoms with Gasteiger partial charge < -0.3 is 10.6 Å². The fraction of sp³-hybridized carbons (Fsp3) is 0.276. The fourth-order valence-corrected chi connectivity index (χ4v) is 4.81. The molecule has 0 radical (unpaired) electrons. The minimum absolute atomic E-state index is 0.112. The first-order valence-electron chi connectivity index (χ1n) is 11.5. The molecule has 4 rings (SSSR count). The van der Waals surface area contributed by atoms with Crippen molar-refractivity contribution in [2.75, 3.05) is 6.54 Å². The molecule has 0 saturated carbocycles. The van der Waals surface area contributed by atoms with Crippen molar-refractivity contribution in [2.45, 2.75) is 38.8 Å². The number of rotatable bonds is 5. The van der Waals surface area contributed by atoms with Crippen LogP contribution in [0.5, 0.6) is 0 Å². The molecular weight excluding hydrogens is 430 g/mol. The van der Waals surface area contributed by atoms with Crippen LogP contribution in [0, 0.1) is 17.0 Å². The van der Waals surface area contributed by atoms with Crippen LogP contribution < -0.4 is 5.73 Å². The summed E-state index contributed by atoms with van der Waals surface area (Å²) in [5.74, 6) is -1.29. The second-order valence-corrected chi connectivity index (χ2v) is 10.1. The van der Waals surface area contributed by atoms with E-state index in [2.05, 4.69) is 0 Å². The van der Waals surface area contributed by atoms with Crippen LogP contribution in [0.15, 0.2) is 84.9 Å². The van der Waals surface area contributed by atoms with Gasteiger partial charge >= 0.3 is 0 Å². The van der Waals surface area contributed by atoms with Gasteiger partial charge in [0.2, 0.25) is 5.91 Å². The first-order valence-corrected chi connectivity index (χ1v) is 11.5. The van der Waals surface area contributed by atoms with Crippen molar-refractivity contribution in [1.82, 2.24) is 4.90 Å². The Balaban J connectivity index is 1.94. The number of benzene rings is 3. The minimum atomic E-state index is -1.01. The molecule has 0 aliphatic carbocycles. The average molecular weight is 461 g/mol. The number of carbonyl (C=O) groups is 1. The zero-order valence-corrected chi connectivity index (χ0v) is 19.8. The maximum atomic E-state index is 14.9. The highest BCUT2D eigenvalue weighted by Crippen LogP contribution is 2.46. The number of amides is 1. The van der Waals surface area contributed by atoms with E-state index < -0.39 is 23.2 Å². The molecule has 3 aromatic rings. The van der Waals surface area contributed by atoms with Crippen molar-refractivity contribution >= 4 is 11.5 Å².